The first kappa shape index (κ1) is 21.9. The Morgan fingerprint density at radius 2 is 1.29 bits per heavy atom. The highest BCUT2D eigenvalue weighted by atomic mass is 32.2. The lowest BCUT2D eigenvalue weighted by atomic mass is 10.2. The molecule has 0 unspecified atom stereocenters. The summed E-state index contributed by atoms with van der Waals surface area (Å²) in [6.07, 6.45) is 0. The van der Waals surface area contributed by atoms with Crippen molar-refractivity contribution in [3.8, 4) is 0 Å². The SMILES string of the molecule is CC(=O)Nc1ccc(NC(=O)c2ccc(NS(=O)(=O)c3ccc(F)c(F)c3)cc2)cc1. The van der Waals surface area contributed by atoms with Gasteiger partial charge in [-0.05, 0) is 66.7 Å². The first-order valence-corrected chi connectivity index (χ1v) is 10.4. The molecule has 0 spiro atoms. The molecule has 0 heterocycles. The molecule has 0 saturated carbocycles. The van der Waals surface area contributed by atoms with Gasteiger partial charge in [0, 0.05) is 29.5 Å². The molecule has 0 aliphatic heterocycles. The maximum absolute atomic E-state index is 13.3. The van der Waals surface area contributed by atoms with Crippen LogP contribution >= 0.6 is 0 Å². The highest BCUT2D eigenvalue weighted by Crippen LogP contribution is 2.20. The van der Waals surface area contributed by atoms with Gasteiger partial charge in [0.1, 0.15) is 0 Å². The molecule has 0 aliphatic rings. The number of halogens is 2. The molecular weight excluding hydrogens is 428 g/mol. The first-order chi connectivity index (χ1) is 14.6. The summed E-state index contributed by atoms with van der Waals surface area (Å²) in [5, 5.41) is 5.29. The van der Waals surface area contributed by atoms with Crippen LogP contribution in [0.5, 0.6) is 0 Å². The van der Waals surface area contributed by atoms with Crippen LogP contribution in [0.1, 0.15) is 17.3 Å². The molecule has 0 fully saturated rings. The van der Waals surface area contributed by atoms with E-state index in [1.54, 1.807) is 24.3 Å². The molecule has 160 valence electrons. The molecule has 10 heteroatoms. The molecule has 2 amide bonds. The van der Waals surface area contributed by atoms with Crippen molar-refractivity contribution >= 4 is 38.9 Å². The van der Waals surface area contributed by atoms with Crippen molar-refractivity contribution in [3.05, 3.63) is 83.9 Å². The molecule has 0 aliphatic carbocycles. The third-order valence-corrected chi connectivity index (χ3v) is 5.44. The van der Waals surface area contributed by atoms with E-state index in [1.165, 1.54) is 31.2 Å². The van der Waals surface area contributed by atoms with E-state index in [0.29, 0.717) is 17.4 Å². The van der Waals surface area contributed by atoms with E-state index in [2.05, 4.69) is 15.4 Å². The van der Waals surface area contributed by atoms with E-state index in [1.807, 2.05) is 0 Å². The van der Waals surface area contributed by atoms with Gasteiger partial charge in [-0.1, -0.05) is 0 Å². The van der Waals surface area contributed by atoms with Crippen molar-refractivity contribution in [2.24, 2.45) is 0 Å². The lowest BCUT2D eigenvalue weighted by Crippen LogP contribution is -2.14. The molecule has 0 radical (unpaired) electrons. The molecule has 0 atom stereocenters. The van der Waals surface area contributed by atoms with Gasteiger partial charge in [0.2, 0.25) is 5.91 Å². The zero-order chi connectivity index (χ0) is 22.6. The third kappa shape index (κ3) is 5.64. The summed E-state index contributed by atoms with van der Waals surface area (Å²) < 4.78 is 53.2. The van der Waals surface area contributed by atoms with Gasteiger partial charge in [0.15, 0.2) is 11.6 Å². The van der Waals surface area contributed by atoms with Gasteiger partial charge < -0.3 is 10.6 Å². The standard InChI is InChI=1S/C21H17F2N3O4S/c1-13(27)24-15-6-8-16(9-7-15)25-21(28)14-2-4-17(5-3-14)26-31(29,30)18-10-11-19(22)20(23)12-18/h2-12,26H,1H3,(H,24,27)(H,25,28). The normalized spacial score (nSPS) is 10.9. The van der Waals surface area contributed by atoms with E-state index in [0.717, 1.165) is 12.1 Å². The Balaban J connectivity index is 1.67. The Morgan fingerprint density at radius 1 is 0.742 bits per heavy atom. The quantitative estimate of drug-likeness (QED) is 0.534. The van der Waals surface area contributed by atoms with Crippen LogP contribution in [0.2, 0.25) is 0 Å². The van der Waals surface area contributed by atoms with Crippen LogP contribution in [0.15, 0.2) is 71.6 Å². The minimum Gasteiger partial charge on any atom is -0.326 e. The highest BCUT2D eigenvalue weighted by Gasteiger charge is 2.17. The molecule has 3 aromatic rings. The molecule has 0 aromatic heterocycles. The second-order valence-electron chi connectivity index (χ2n) is 6.47. The van der Waals surface area contributed by atoms with E-state index in [-0.39, 0.29) is 17.2 Å². The van der Waals surface area contributed by atoms with Gasteiger partial charge in [0.25, 0.3) is 15.9 Å². The minimum atomic E-state index is -4.13. The number of benzene rings is 3. The highest BCUT2D eigenvalue weighted by molar-refractivity contribution is 7.92. The molecule has 3 N–H and O–H groups in total. The number of hydrogen-bond acceptors (Lipinski definition) is 4. The number of hydrogen-bond donors (Lipinski definition) is 3. The van der Waals surface area contributed by atoms with Crippen molar-refractivity contribution in [3.63, 3.8) is 0 Å². The van der Waals surface area contributed by atoms with Crippen molar-refractivity contribution in [2.75, 3.05) is 15.4 Å². The maximum atomic E-state index is 13.3. The summed E-state index contributed by atoms with van der Waals surface area (Å²) >= 11 is 0. The summed E-state index contributed by atoms with van der Waals surface area (Å²) in [7, 11) is -4.13. The Labute approximate surface area is 177 Å². The van der Waals surface area contributed by atoms with Crippen molar-refractivity contribution in [1.29, 1.82) is 0 Å². The molecule has 0 saturated heterocycles. The van der Waals surface area contributed by atoms with Gasteiger partial charge in [-0.3, -0.25) is 14.3 Å². The predicted octanol–water partition coefficient (Wildman–Crippen LogP) is 3.98. The Hall–Kier alpha value is -3.79. The average molecular weight is 445 g/mol. The number of sulfonamides is 1. The fourth-order valence-corrected chi connectivity index (χ4v) is 3.66. The van der Waals surface area contributed by atoms with Crippen LogP contribution < -0.4 is 15.4 Å². The molecule has 31 heavy (non-hydrogen) atoms. The summed E-state index contributed by atoms with van der Waals surface area (Å²) in [5.41, 5.74) is 1.49. The molecule has 0 bridgehead atoms. The number of anilines is 3. The zero-order valence-corrected chi connectivity index (χ0v) is 17.0. The lowest BCUT2D eigenvalue weighted by molar-refractivity contribution is -0.114. The average Bonchev–Trinajstić information content (AvgIpc) is 2.71. The van der Waals surface area contributed by atoms with E-state index < -0.39 is 32.5 Å². The lowest BCUT2D eigenvalue weighted by Gasteiger charge is -2.10. The van der Waals surface area contributed by atoms with Crippen LogP contribution in [0.4, 0.5) is 25.8 Å². The van der Waals surface area contributed by atoms with Crippen LogP contribution in [-0.4, -0.2) is 20.2 Å². The number of nitrogens with one attached hydrogen (secondary N) is 3. The van der Waals surface area contributed by atoms with Crippen LogP contribution in [0.25, 0.3) is 0 Å². The molecule has 3 aromatic carbocycles. The van der Waals surface area contributed by atoms with Gasteiger partial charge in [-0.25, -0.2) is 17.2 Å². The van der Waals surface area contributed by atoms with E-state index >= 15 is 0 Å². The fourth-order valence-electron chi connectivity index (χ4n) is 2.59. The van der Waals surface area contributed by atoms with Gasteiger partial charge in [0.05, 0.1) is 4.90 Å². The largest absolute Gasteiger partial charge is 0.326 e. The smallest absolute Gasteiger partial charge is 0.261 e. The Kier molecular flexibility index (Phi) is 6.30. The van der Waals surface area contributed by atoms with Gasteiger partial charge in [-0.2, -0.15) is 0 Å². The first-order valence-electron chi connectivity index (χ1n) is 8.91. The number of rotatable bonds is 6. The number of amides is 2. The van der Waals surface area contributed by atoms with Crippen LogP contribution in [0.3, 0.4) is 0 Å². The van der Waals surface area contributed by atoms with Crippen molar-refractivity contribution in [1.82, 2.24) is 0 Å². The molecular formula is C21H17F2N3O4S. The topological polar surface area (TPSA) is 104 Å². The Morgan fingerprint density at radius 3 is 1.84 bits per heavy atom. The maximum Gasteiger partial charge on any atom is 0.261 e. The summed E-state index contributed by atoms with van der Waals surface area (Å²) in [4.78, 5) is 23.0. The van der Waals surface area contributed by atoms with Crippen molar-refractivity contribution < 1.29 is 26.8 Å². The Bertz CT molecular complexity index is 1230. The molecule has 3 rings (SSSR count). The summed E-state index contributed by atoms with van der Waals surface area (Å²) in [6.45, 7) is 1.39. The molecule has 7 nitrogen and oxygen atoms in total. The summed E-state index contributed by atoms with van der Waals surface area (Å²) in [6, 6.07) is 14.3. The third-order valence-electron chi connectivity index (χ3n) is 4.06. The van der Waals surface area contributed by atoms with Crippen molar-refractivity contribution in [2.45, 2.75) is 11.8 Å². The minimum absolute atomic E-state index is 0.140. The van der Waals surface area contributed by atoms with E-state index in [4.69, 9.17) is 0 Å². The summed E-state index contributed by atoms with van der Waals surface area (Å²) in [5.74, 6) is -3.07. The van der Waals surface area contributed by atoms with Crippen LogP contribution in [0, 0.1) is 11.6 Å². The number of carbonyl (C=O) groups excluding carboxylic acids is 2. The number of carbonyl (C=O) groups is 2. The predicted molar refractivity (Wildman–Crippen MR) is 112 cm³/mol. The van der Waals surface area contributed by atoms with Gasteiger partial charge in [-0.15, -0.1) is 0 Å². The zero-order valence-electron chi connectivity index (χ0n) is 16.1. The fraction of sp³-hybridized carbons (Fsp3) is 0.0476. The van der Waals surface area contributed by atoms with Gasteiger partial charge >= 0.3 is 0 Å². The second-order valence-corrected chi connectivity index (χ2v) is 8.15. The van der Waals surface area contributed by atoms with Crippen LogP contribution in [-0.2, 0) is 14.8 Å². The second kappa shape index (κ2) is 8.92. The monoisotopic (exact) mass is 445 g/mol. The van der Waals surface area contributed by atoms with E-state index in [9.17, 15) is 26.8 Å².